The highest BCUT2D eigenvalue weighted by Gasteiger charge is 2.30. The van der Waals surface area contributed by atoms with E-state index in [-0.39, 0.29) is 5.56 Å². The van der Waals surface area contributed by atoms with Gasteiger partial charge < -0.3 is 10.4 Å². The molecule has 6 heteroatoms. The molecule has 0 spiro atoms. The van der Waals surface area contributed by atoms with E-state index in [2.05, 4.69) is 10.3 Å². The summed E-state index contributed by atoms with van der Waals surface area (Å²) in [5.41, 5.74) is 0.0890. The maximum absolute atomic E-state index is 12.2. The van der Waals surface area contributed by atoms with Crippen LogP contribution in [0.1, 0.15) is 32.1 Å². The van der Waals surface area contributed by atoms with Gasteiger partial charge in [0.1, 0.15) is 17.6 Å². The molecule has 1 aromatic heterocycles. The molecular weight excluding hydrogens is 234 g/mol. The van der Waals surface area contributed by atoms with E-state index in [1.54, 1.807) is 0 Å². The minimum absolute atomic E-state index is 0.287. The predicted molar refractivity (Wildman–Crippen MR) is 66.8 cm³/mol. The van der Waals surface area contributed by atoms with Gasteiger partial charge in [0.05, 0.1) is 6.20 Å². The van der Waals surface area contributed by atoms with Crippen molar-refractivity contribution in [3.63, 3.8) is 0 Å². The van der Waals surface area contributed by atoms with Crippen molar-refractivity contribution in [3.8, 4) is 0 Å². The van der Waals surface area contributed by atoms with Crippen LogP contribution >= 0.6 is 0 Å². The van der Waals surface area contributed by atoms with Crippen LogP contribution in [0.2, 0.25) is 0 Å². The maximum Gasteiger partial charge on any atom is 0.326 e. The number of hydrogen-bond donors (Lipinski definition) is 2. The zero-order valence-electron chi connectivity index (χ0n) is 10.5. The van der Waals surface area contributed by atoms with Gasteiger partial charge in [0.2, 0.25) is 0 Å². The number of carboxylic acid groups (broad SMARTS) is 1. The van der Waals surface area contributed by atoms with Crippen LogP contribution in [0.15, 0.2) is 11.0 Å². The molecule has 2 rings (SSSR count). The molecule has 18 heavy (non-hydrogen) atoms. The van der Waals surface area contributed by atoms with Crippen molar-refractivity contribution in [2.24, 2.45) is 5.92 Å². The molecule has 1 atom stereocenters. The standard InChI is InChI=1S/C12H17N3O3/c1-7(2)5-13-8-6-14-10-4-3-9(12(17)18)15(10)11(8)16/h6-7,9,13H,3-5H2,1-2H3,(H,17,18). The first-order valence-corrected chi connectivity index (χ1v) is 6.07. The summed E-state index contributed by atoms with van der Waals surface area (Å²) in [6, 6.07) is -0.777. The van der Waals surface area contributed by atoms with Gasteiger partial charge in [0.25, 0.3) is 5.56 Å². The lowest BCUT2D eigenvalue weighted by molar-refractivity contribution is -0.140. The molecule has 6 nitrogen and oxygen atoms in total. The summed E-state index contributed by atoms with van der Waals surface area (Å²) >= 11 is 0. The minimum atomic E-state index is -0.973. The molecule has 0 amide bonds. The molecule has 0 fully saturated rings. The topological polar surface area (TPSA) is 84.2 Å². The van der Waals surface area contributed by atoms with Crippen molar-refractivity contribution in [3.05, 3.63) is 22.4 Å². The molecule has 1 aliphatic heterocycles. The number of aromatic nitrogens is 2. The normalized spacial score (nSPS) is 17.8. The van der Waals surface area contributed by atoms with Gasteiger partial charge in [-0.3, -0.25) is 9.36 Å². The molecule has 2 heterocycles. The van der Waals surface area contributed by atoms with E-state index in [1.165, 1.54) is 10.8 Å². The van der Waals surface area contributed by atoms with Crippen molar-refractivity contribution in [1.29, 1.82) is 0 Å². The van der Waals surface area contributed by atoms with Crippen molar-refractivity contribution in [2.75, 3.05) is 11.9 Å². The van der Waals surface area contributed by atoms with Crippen LogP contribution in [-0.2, 0) is 11.2 Å². The van der Waals surface area contributed by atoms with E-state index in [0.29, 0.717) is 36.8 Å². The van der Waals surface area contributed by atoms with E-state index in [1.807, 2.05) is 13.8 Å². The number of fused-ring (bicyclic) bond motifs is 1. The third-order valence-corrected chi connectivity index (χ3v) is 3.01. The van der Waals surface area contributed by atoms with Crippen molar-refractivity contribution >= 4 is 11.7 Å². The number of nitrogens with zero attached hydrogens (tertiary/aromatic N) is 2. The summed E-state index contributed by atoms with van der Waals surface area (Å²) in [5, 5.41) is 12.1. The largest absolute Gasteiger partial charge is 0.480 e. The second-order valence-corrected chi connectivity index (χ2v) is 4.93. The highest BCUT2D eigenvalue weighted by atomic mass is 16.4. The number of rotatable bonds is 4. The van der Waals surface area contributed by atoms with Gasteiger partial charge >= 0.3 is 5.97 Å². The van der Waals surface area contributed by atoms with E-state index >= 15 is 0 Å². The van der Waals surface area contributed by atoms with Crippen LogP contribution in [0.3, 0.4) is 0 Å². The van der Waals surface area contributed by atoms with Crippen LogP contribution < -0.4 is 10.9 Å². The van der Waals surface area contributed by atoms with Gasteiger partial charge in [-0.2, -0.15) is 0 Å². The average molecular weight is 251 g/mol. The van der Waals surface area contributed by atoms with E-state index in [4.69, 9.17) is 5.11 Å². The Morgan fingerprint density at radius 2 is 2.39 bits per heavy atom. The molecule has 0 radical (unpaired) electrons. The smallest absolute Gasteiger partial charge is 0.326 e. The zero-order chi connectivity index (χ0) is 13.3. The van der Waals surface area contributed by atoms with Gasteiger partial charge in [-0.05, 0) is 12.3 Å². The molecule has 1 unspecified atom stereocenters. The predicted octanol–water partition coefficient (Wildman–Crippen LogP) is 0.883. The highest BCUT2D eigenvalue weighted by Crippen LogP contribution is 2.22. The molecular formula is C12H17N3O3. The third-order valence-electron chi connectivity index (χ3n) is 3.01. The molecule has 0 saturated heterocycles. The fourth-order valence-corrected chi connectivity index (χ4v) is 2.07. The number of aliphatic carboxylic acids is 1. The quantitative estimate of drug-likeness (QED) is 0.830. The molecule has 0 aliphatic carbocycles. The average Bonchev–Trinajstić information content (AvgIpc) is 2.72. The van der Waals surface area contributed by atoms with Crippen LogP contribution in [0.25, 0.3) is 0 Å². The van der Waals surface area contributed by atoms with Gasteiger partial charge in [0, 0.05) is 13.0 Å². The minimum Gasteiger partial charge on any atom is -0.480 e. The lowest BCUT2D eigenvalue weighted by Crippen LogP contribution is -2.30. The number of carboxylic acids is 1. The molecule has 0 saturated carbocycles. The molecule has 2 N–H and O–H groups in total. The Bertz CT molecular complexity index is 522. The molecule has 1 aromatic rings. The van der Waals surface area contributed by atoms with Gasteiger partial charge in [-0.1, -0.05) is 13.8 Å². The fourth-order valence-electron chi connectivity index (χ4n) is 2.07. The third kappa shape index (κ3) is 2.23. The highest BCUT2D eigenvalue weighted by molar-refractivity contribution is 5.72. The maximum atomic E-state index is 12.2. The summed E-state index contributed by atoms with van der Waals surface area (Å²) in [5.74, 6) is -0.0147. The van der Waals surface area contributed by atoms with Gasteiger partial charge in [0.15, 0.2) is 0 Å². The van der Waals surface area contributed by atoms with Crippen molar-refractivity contribution in [1.82, 2.24) is 9.55 Å². The van der Waals surface area contributed by atoms with Crippen LogP contribution in [0.4, 0.5) is 5.69 Å². The first-order chi connectivity index (χ1) is 8.50. The van der Waals surface area contributed by atoms with E-state index < -0.39 is 12.0 Å². The first kappa shape index (κ1) is 12.6. The van der Waals surface area contributed by atoms with Crippen molar-refractivity contribution < 1.29 is 9.90 Å². The zero-order valence-corrected chi connectivity index (χ0v) is 10.5. The Balaban J connectivity index is 2.35. The lowest BCUT2D eigenvalue weighted by atomic mass is 10.2. The first-order valence-electron chi connectivity index (χ1n) is 6.07. The Labute approximate surface area is 105 Å². The molecule has 98 valence electrons. The van der Waals surface area contributed by atoms with Gasteiger partial charge in [-0.15, -0.1) is 0 Å². The Morgan fingerprint density at radius 3 is 3.00 bits per heavy atom. The number of hydrogen-bond acceptors (Lipinski definition) is 4. The van der Waals surface area contributed by atoms with Crippen LogP contribution in [0, 0.1) is 5.92 Å². The van der Waals surface area contributed by atoms with Crippen LogP contribution in [0.5, 0.6) is 0 Å². The van der Waals surface area contributed by atoms with Crippen LogP contribution in [-0.4, -0.2) is 27.2 Å². The Hall–Kier alpha value is -1.85. The second-order valence-electron chi connectivity index (χ2n) is 4.93. The number of aryl methyl sites for hydroxylation is 1. The van der Waals surface area contributed by atoms with Crippen molar-refractivity contribution in [2.45, 2.75) is 32.7 Å². The summed E-state index contributed by atoms with van der Waals surface area (Å²) < 4.78 is 1.30. The monoisotopic (exact) mass is 251 g/mol. The Kier molecular flexibility index (Phi) is 3.36. The molecule has 1 aliphatic rings. The fraction of sp³-hybridized carbons (Fsp3) is 0.583. The summed E-state index contributed by atoms with van der Waals surface area (Å²) in [6.07, 6.45) is 2.47. The Morgan fingerprint density at radius 1 is 1.67 bits per heavy atom. The van der Waals surface area contributed by atoms with E-state index in [0.717, 1.165) is 0 Å². The SMILES string of the molecule is CC(C)CNc1cnc2n(c1=O)C(C(=O)O)CC2. The lowest BCUT2D eigenvalue weighted by Gasteiger charge is -2.13. The van der Waals surface area contributed by atoms with Gasteiger partial charge in [-0.25, -0.2) is 9.78 Å². The number of nitrogens with one attached hydrogen (secondary N) is 1. The van der Waals surface area contributed by atoms with E-state index in [9.17, 15) is 9.59 Å². The number of carbonyl (C=O) groups is 1. The second kappa shape index (κ2) is 4.80. The molecule has 0 aromatic carbocycles. The summed E-state index contributed by atoms with van der Waals surface area (Å²) in [7, 11) is 0. The number of anilines is 1. The molecule has 0 bridgehead atoms. The summed E-state index contributed by atoms with van der Waals surface area (Å²) in [6.45, 7) is 4.73. The summed E-state index contributed by atoms with van der Waals surface area (Å²) in [4.78, 5) is 27.4.